The number of anilines is 1. The van der Waals surface area contributed by atoms with Gasteiger partial charge >= 0.3 is 0 Å². The quantitative estimate of drug-likeness (QED) is 0.565. The normalized spacial score (nSPS) is 11.4. The van der Waals surface area contributed by atoms with E-state index in [0.29, 0.717) is 11.3 Å². The smallest absolute Gasteiger partial charge is 0.294 e. The van der Waals surface area contributed by atoms with E-state index in [1.165, 1.54) is 26.2 Å². The highest BCUT2D eigenvalue weighted by atomic mass is 32.2. The summed E-state index contributed by atoms with van der Waals surface area (Å²) >= 11 is 0. The molecule has 0 unspecified atom stereocenters. The molecule has 0 saturated carbocycles. The average Bonchev–Trinajstić information content (AvgIpc) is 2.07. The molecule has 0 aliphatic carbocycles. The van der Waals surface area contributed by atoms with E-state index in [4.69, 9.17) is 15.0 Å². The Bertz CT molecular complexity index is 453. The zero-order valence-corrected chi connectivity index (χ0v) is 8.63. The van der Waals surface area contributed by atoms with Gasteiger partial charge in [-0.15, -0.1) is 0 Å². The number of hydrogen-bond acceptors (Lipinski definition) is 4. The van der Waals surface area contributed by atoms with Gasteiger partial charge in [-0.3, -0.25) is 4.55 Å². The van der Waals surface area contributed by atoms with E-state index in [2.05, 4.69) is 0 Å². The molecule has 0 aliphatic rings. The highest BCUT2D eigenvalue weighted by Gasteiger charge is 2.16. The summed E-state index contributed by atoms with van der Waals surface area (Å²) in [6.45, 7) is 1.51. The van der Waals surface area contributed by atoms with E-state index in [9.17, 15) is 8.42 Å². The summed E-state index contributed by atoms with van der Waals surface area (Å²) in [5, 5.41) is 0. The van der Waals surface area contributed by atoms with Gasteiger partial charge in [0, 0.05) is 17.8 Å². The third-order valence-corrected chi connectivity index (χ3v) is 2.87. The lowest BCUT2D eigenvalue weighted by Gasteiger charge is -2.08. The van der Waals surface area contributed by atoms with Crippen molar-refractivity contribution in [3.63, 3.8) is 0 Å². The zero-order valence-electron chi connectivity index (χ0n) is 7.81. The molecule has 0 radical (unpaired) electrons. The van der Waals surface area contributed by atoms with E-state index in [1.807, 2.05) is 0 Å². The average molecular weight is 217 g/mol. The first-order valence-electron chi connectivity index (χ1n) is 3.78. The van der Waals surface area contributed by atoms with Gasteiger partial charge in [-0.05, 0) is 12.5 Å². The second-order valence-electron chi connectivity index (χ2n) is 2.81. The van der Waals surface area contributed by atoms with Gasteiger partial charge in [-0.2, -0.15) is 8.42 Å². The van der Waals surface area contributed by atoms with Crippen molar-refractivity contribution in [3.05, 3.63) is 17.7 Å². The van der Waals surface area contributed by atoms with Gasteiger partial charge in [0.2, 0.25) is 0 Å². The maximum absolute atomic E-state index is 10.9. The van der Waals surface area contributed by atoms with Gasteiger partial charge in [0.05, 0.1) is 7.11 Å². The number of benzene rings is 1. The largest absolute Gasteiger partial charge is 0.497 e. The van der Waals surface area contributed by atoms with Crippen molar-refractivity contribution >= 4 is 15.8 Å². The van der Waals surface area contributed by atoms with E-state index in [1.54, 1.807) is 0 Å². The fraction of sp³-hybridized carbons (Fsp3) is 0.250. The molecule has 78 valence electrons. The molecule has 0 fully saturated rings. The van der Waals surface area contributed by atoms with Crippen molar-refractivity contribution in [2.45, 2.75) is 11.8 Å². The van der Waals surface area contributed by atoms with Gasteiger partial charge in [0.1, 0.15) is 10.6 Å². The van der Waals surface area contributed by atoms with E-state index >= 15 is 0 Å². The van der Waals surface area contributed by atoms with Crippen molar-refractivity contribution in [2.24, 2.45) is 0 Å². The molecule has 0 amide bonds. The molecule has 5 nitrogen and oxygen atoms in total. The number of nitrogens with two attached hydrogens (primary N) is 1. The Kier molecular flexibility index (Phi) is 2.68. The summed E-state index contributed by atoms with van der Waals surface area (Å²) in [5.74, 6) is 0.292. The fourth-order valence-corrected chi connectivity index (χ4v) is 1.84. The number of rotatable bonds is 2. The van der Waals surface area contributed by atoms with Gasteiger partial charge in [-0.25, -0.2) is 0 Å². The molecule has 6 heteroatoms. The van der Waals surface area contributed by atoms with Gasteiger partial charge in [0.25, 0.3) is 10.1 Å². The molecule has 14 heavy (non-hydrogen) atoms. The van der Waals surface area contributed by atoms with Crippen LogP contribution < -0.4 is 10.5 Å². The van der Waals surface area contributed by atoms with Gasteiger partial charge in [-0.1, -0.05) is 0 Å². The van der Waals surface area contributed by atoms with Crippen LogP contribution in [0.3, 0.4) is 0 Å². The topological polar surface area (TPSA) is 89.6 Å². The number of nitrogen functional groups attached to an aromatic ring is 1. The molecule has 1 rings (SSSR count). The molecule has 0 heterocycles. The van der Waals surface area contributed by atoms with E-state index < -0.39 is 10.1 Å². The summed E-state index contributed by atoms with van der Waals surface area (Å²) in [7, 11) is -2.86. The highest BCUT2D eigenvalue weighted by molar-refractivity contribution is 7.85. The van der Waals surface area contributed by atoms with E-state index in [0.717, 1.165) is 0 Å². The number of hydrogen-bond donors (Lipinski definition) is 2. The van der Waals surface area contributed by atoms with E-state index in [-0.39, 0.29) is 10.6 Å². The summed E-state index contributed by atoms with van der Waals surface area (Å²) < 4.78 is 35.5. The lowest BCUT2D eigenvalue weighted by atomic mass is 10.2. The predicted molar refractivity (Wildman–Crippen MR) is 52.0 cm³/mol. The van der Waals surface area contributed by atoms with Crippen LogP contribution in [0.15, 0.2) is 17.0 Å². The Morgan fingerprint density at radius 1 is 1.43 bits per heavy atom. The van der Waals surface area contributed by atoms with Crippen molar-refractivity contribution in [3.8, 4) is 5.75 Å². The maximum Gasteiger partial charge on any atom is 0.294 e. The van der Waals surface area contributed by atoms with Crippen LogP contribution >= 0.6 is 0 Å². The first kappa shape index (κ1) is 10.8. The van der Waals surface area contributed by atoms with Crippen LogP contribution in [-0.4, -0.2) is 20.1 Å². The fourth-order valence-electron chi connectivity index (χ4n) is 1.07. The number of methoxy groups -OCH3 is 1. The highest BCUT2D eigenvalue weighted by Crippen LogP contribution is 2.26. The van der Waals surface area contributed by atoms with Crippen LogP contribution in [0.25, 0.3) is 0 Å². The van der Waals surface area contributed by atoms with Crippen LogP contribution in [0.4, 0.5) is 5.69 Å². The Balaban J connectivity index is 3.51. The van der Waals surface area contributed by atoms with Crippen LogP contribution in [0.2, 0.25) is 0 Å². The monoisotopic (exact) mass is 217 g/mol. The summed E-state index contributed by atoms with van der Waals surface area (Å²) in [6, 6.07) is 2.71. The van der Waals surface area contributed by atoms with Crippen molar-refractivity contribution in [2.75, 3.05) is 12.8 Å². The number of ether oxygens (including phenoxy) is 1. The Labute approximate surface area is 82.2 Å². The minimum Gasteiger partial charge on any atom is -0.497 e. The minimum absolute atomic E-state index is 0.227. The Morgan fingerprint density at radius 2 is 2.00 bits per heavy atom. The molecular weight excluding hydrogens is 206 g/mol. The predicted octanol–water partition coefficient (Wildman–Crippen LogP) is 0.833. The van der Waals surface area contributed by atoms with Crippen molar-refractivity contribution in [1.82, 2.24) is 0 Å². The standard InChI is InChI=1S/C8H11NO4S/c1-5-7(9)3-6(13-2)4-8(5)14(10,11)12/h3-4H,9H2,1-2H3,(H,10,11,12). The molecule has 0 saturated heterocycles. The lowest BCUT2D eigenvalue weighted by Crippen LogP contribution is -2.04. The Morgan fingerprint density at radius 3 is 2.43 bits per heavy atom. The summed E-state index contributed by atoms with van der Waals surface area (Å²) in [5.41, 5.74) is 6.11. The van der Waals surface area contributed by atoms with Crippen molar-refractivity contribution in [1.29, 1.82) is 0 Å². The molecule has 1 aromatic rings. The summed E-state index contributed by atoms with van der Waals surface area (Å²) in [6.07, 6.45) is 0. The third kappa shape index (κ3) is 1.97. The second-order valence-corrected chi connectivity index (χ2v) is 4.20. The van der Waals surface area contributed by atoms with Crippen LogP contribution in [0.5, 0.6) is 5.75 Å². The maximum atomic E-state index is 10.9. The Hall–Kier alpha value is -1.27. The molecule has 0 aromatic heterocycles. The molecule has 3 N–H and O–H groups in total. The minimum atomic E-state index is -4.25. The first-order chi connectivity index (χ1) is 6.36. The van der Waals surface area contributed by atoms with Crippen molar-refractivity contribution < 1.29 is 17.7 Å². The molecule has 0 atom stereocenters. The third-order valence-electron chi connectivity index (χ3n) is 1.89. The van der Waals surface area contributed by atoms with Crippen LogP contribution in [0.1, 0.15) is 5.56 Å². The van der Waals surface area contributed by atoms with Gasteiger partial charge in [0.15, 0.2) is 0 Å². The molecule has 0 aliphatic heterocycles. The molecule has 0 bridgehead atoms. The SMILES string of the molecule is COc1cc(N)c(C)c(S(=O)(=O)O)c1. The van der Waals surface area contributed by atoms with Crippen LogP contribution in [-0.2, 0) is 10.1 Å². The van der Waals surface area contributed by atoms with Crippen LogP contribution in [0, 0.1) is 6.92 Å². The second kappa shape index (κ2) is 3.47. The zero-order chi connectivity index (χ0) is 10.9. The van der Waals surface area contributed by atoms with Gasteiger partial charge < -0.3 is 10.5 Å². The first-order valence-corrected chi connectivity index (χ1v) is 5.22. The molecular formula is C8H11NO4S. The molecule has 0 spiro atoms. The summed E-state index contributed by atoms with van der Waals surface area (Å²) in [4.78, 5) is -0.227. The lowest BCUT2D eigenvalue weighted by molar-refractivity contribution is 0.412. The molecule has 1 aromatic carbocycles.